The largest absolute Gasteiger partial charge is 0.453 e. The number of alkyl carbamates (subject to hydrolysis) is 1. The molecule has 3 aromatic heterocycles. The van der Waals surface area contributed by atoms with Crippen molar-refractivity contribution in [1.29, 1.82) is 0 Å². The van der Waals surface area contributed by atoms with Gasteiger partial charge in [-0.05, 0) is 41.5 Å². The van der Waals surface area contributed by atoms with E-state index in [1.165, 1.54) is 7.11 Å². The van der Waals surface area contributed by atoms with E-state index in [2.05, 4.69) is 53.2 Å². The van der Waals surface area contributed by atoms with Crippen molar-refractivity contribution in [2.45, 2.75) is 37.8 Å². The summed E-state index contributed by atoms with van der Waals surface area (Å²) < 4.78 is 20.2. The van der Waals surface area contributed by atoms with Crippen LogP contribution < -0.4 is 10.6 Å². The summed E-state index contributed by atoms with van der Waals surface area (Å²) in [6.45, 7) is 0. The lowest BCUT2D eigenvalue weighted by Crippen LogP contribution is -2.48. The molecule has 10 heteroatoms. The van der Waals surface area contributed by atoms with E-state index in [-0.39, 0.29) is 17.9 Å². The zero-order valence-electron chi connectivity index (χ0n) is 15.7. The third kappa shape index (κ3) is 4.26. The number of H-pyrrole nitrogens is 1. The van der Waals surface area contributed by atoms with Gasteiger partial charge in [-0.3, -0.25) is 0 Å². The molecule has 152 valence electrons. The Bertz CT molecular complexity index is 1040. The lowest BCUT2D eigenvalue weighted by molar-refractivity contribution is 0.161. The normalized spacial score (nSPS) is 19.1. The summed E-state index contributed by atoms with van der Waals surface area (Å²) in [6, 6.07) is 1.67. The molecule has 1 saturated carbocycles. The fraction of sp³-hybridized carbons (Fsp3) is 0.368. The molecule has 0 bridgehead atoms. The molecular formula is C19H20FIN6O2. The van der Waals surface area contributed by atoms with Gasteiger partial charge in [-0.15, -0.1) is 0 Å². The minimum absolute atomic E-state index is 0.117. The van der Waals surface area contributed by atoms with Crippen LogP contribution in [0.5, 0.6) is 0 Å². The van der Waals surface area contributed by atoms with Gasteiger partial charge in [0.15, 0.2) is 17.5 Å². The first-order valence-electron chi connectivity index (χ1n) is 9.31. The van der Waals surface area contributed by atoms with Crippen LogP contribution in [0.2, 0.25) is 0 Å². The Morgan fingerprint density at radius 2 is 2.07 bits per heavy atom. The minimum atomic E-state index is -0.538. The van der Waals surface area contributed by atoms with Crippen LogP contribution in [0.4, 0.5) is 15.0 Å². The van der Waals surface area contributed by atoms with Crippen LogP contribution >= 0.6 is 22.6 Å². The summed E-state index contributed by atoms with van der Waals surface area (Å²) in [4.78, 5) is 27.7. The zero-order chi connectivity index (χ0) is 20.4. The number of fused-ring (bicyclic) bond motifs is 1. The number of aromatic nitrogens is 4. The van der Waals surface area contributed by atoms with E-state index < -0.39 is 11.9 Å². The number of amides is 1. The number of aromatic amines is 1. The van der Waals surface area contributed by atoms with Crippen LogP contribution in [0.3, 0.4) is 0 Å². The molecule has 1 amide bonds. The first-order chi connectivity index (χ1) is 14.0. The van der Waals surface area contributed by atoms with Gasteiger partial charge < -0.3 is 20.4 Å². The second-order valence-electron chi connectivity index (χ2n) is 6.92. The molecule has 8 nitrogen and oxygen atoms in total. The second kappa shape index (κ2) is 8.47. The Morgan fingerprint density at radius 1 is 1.28 bits per heavy atom. The number of anilines is 1. The molecule has 1 aliphatic carbocycles. The standard InChI is InChI=1S/C19H20FIN6O2/c1-29-19(28)26-15-5-3-2-4-14(15)25-18-13(20)9-24-17(27-18)12-8-23-16-11(12)6-10(21)7-22-16/h6-9,14-15H,2-5H2,1H3,(H,22,23)(H,26,28)(H,24,25,27)/t14-,15-/m1/s1. The van der Waals surface area contributed by atoms with Crippen molar-refractivity contribution in [3.8, 4) is 11.4 Å². The molecule has 1 fully saturated rings. The maximum atomic E-state index is 14.5. The number of carbonyl (C=O) groups is 1. The maximum Gasteiger partial charge on any atom is 0.407 e. The third-order valence-electron chi connectivity index (χ3n) is 5.06. The van der Waals surface area contributed by atoms with Gasteiger partial charge in [0, 0.05) is 33.0 Å². The third-order valence-corrected chi connectivity index (χ3v) is 5.65. The highest BCUT2D eigenvalue weighted by Gasteiger charge is 2.28. The van der Waals surface area contributed by atoms with Crippen molar-refractivity contribution in [2.75, 3.05) is 12.4 Å². The van der Waals surface area contributed by atoms with Gasteiger partial charge in [0.25, 0.3) is 0 Å². The fourth-order valence-corrected chi connectivity index (χ4v) is 4.07. The lowest BCUT2D eigenvalue weighted by Gasteiger charge is -2.32. The van der Waals surface area contributed by atoms with Crippen LogP contribution in [0.15, 0.2) is 24.7 Å². The van der Waals surface area contributed by atoms with E-state index in [0.29, 0.717) is 5.82 Å². The quantitative estimate of drug-likeness (QED) is 0.461. The van der Waals surface area contributed by atoms with E-state index in [0.717, 1.165) is 52.0 Å². The molecule has 0 aliphatic heterocycles. The summed E-state index contributed by atoms with van der Waals surface area (Å²) in [7, 11) is 1.33. The number of halogens is 2. The topological polar surface area (TPSA) is 105 Å². The van der Waals surface area contributed by atoms with Crippen molar-refractivity contribution in [3.05, 3.63) is 34.0 Å². The number of ether oxygens (including phenoxy) is 1. The van der Waals surface area contributed by atoms with Crippen LogP contribution in [-0.4, -0.2) is 45.2 Å². The number of methoxy groups -OCH3 is 1. The van der Waals surface area contributed by atoms with E-state index >= 15 is 0 Å². The molecular weight excluding hydrogens is 490 g/mol. The number of carbonyl (C=O) groups excluding carboxylic acids is 1. The summed E-state index contributed by atoms with van der Waals surface area (Å²) >= 11 is 2.19. The highest BCUT2D eigenvalue weighted by Crippen LogP contribution is 2.28. The van der Waals surface area contributed by atoms with Crippen LogP contribution in [-0.2, 0) is 4.74 Å². The molecule has 0 aromatic carbocycles. The summed E-state index contributed by atoms with van der Waals surface area (Å²) in [5.41, 5.74) is 1.47. The van der Waals surface area contributed by atoms with E-state index in [1.54, 1.807) is 12.4 Å². The number of nitrogens with one attached hydrogen (secondary N) is 3. The Hall–Kier alpha value is -2.50. The highest BCUT2D eigenvalue weighted by molar-refractivity contribution is 14.1. The molecule has 0 saturated heterocycles. The number of rotatable bonds is 4. The Morgan fingerprint density at radius 3 is 2.86 bits per heavy atom. The second-order valence-corrected chi connectivity index (χ2v) is 8.17. The van der Waals surface area contributed by atoms with Crippen molar-refractivity contribution in [1.82, 2.24) is 25.3 Å². The van der Waals surface area contributed by atoms with Crippen LogP contribution in [0.25, 0.3) is 22.4 Å². The molecule has 3 heterocycles. The van der Waals surface area contributed by atoms with Crippen LogP contribution in [0, 0.1) is 9.39 Å². The van der Waals surface area contributed by atoms with Crippen molar-refractivity contribution in [2.24, 2.45) is 0 Å². The van der Waals surface area contributed by atoms with E-state index in [1.807, 2.05) is 6.07 Å². The van der Waals surface area contributed by atoms with Gasteiger partial charge in [-0.1, -0.05) is 12.8 Å². The monoisotopic (exact) mass is 510 g/mol. The van der Waals surface area contributed by atoms with Gasteiger partial charge in [-0.25, -0.2) is 24.1 Å². The lowest BCUT2D eigenvalue weighted by atomic mass is 9.90. The molecule has 4 rings (SSSR count). The van der Waals surface area contributed by atoms with E-state index in [9.17, 15) is 9.18 Å². The van der Waals surface area contributed by atoms with Crippen molar-refractivity contribution >= 4 is 45.5 Å². The van der Waals surface area contributed by atoms with Crippen molar-refractivity contribution in [3.63, 3.8) is 0 Å². The summed E-state index contributed by atoms with van der Waals surface area (Å²) in [5, 5.41) is 6.87. The average molecular weight is 510 g/mol. The first kappa shape index (κ1) is 19.8. The molecule has 0 unspecified atom stereocenters. The predicted octanol–water partition coefficient (Wildman–Crippen LogP) is 3.84. The summed E-state index contributed by atoms with van der Waals surface area (Å²) in [5.74, 6) is -0.0209. The van der Waals surface area contributed by atoms with Crippen LogP contribution in [0.1, 0.15) is 25.7 Å². The van der Waals surface area contributed by atoms with Gasteiger partial charge in [0.2, 0.25) is 0 Å². The maximum absolute atomic E-state index is 14.5. The zero-order valence-corrected chi connectivity index (χ0v) is 17.9. The fourth-order valence-electron chi connectivity index (χ4n) is 3.62. The van der Waals surface area contributed by atoms with Gasteiger partial charge >= 0.3 is 6.09 Å². The van der Waals surface area contributed by atoms with Crippen molar-refractivity contribution < 1.29 is 13.9 Å². The minimum Gasteiger partial charge on any atom is -0.453 e. The Kier molecular flexibility index (Phi) is 5.79. The average Bonchev–Trinajstić information content (AvgIpc) is 3.14. The van der Waals surface area contributed by atoms with Gasteiger partial charge in [-0.2, -0.15) is 0 Å². The van der Waals surface area contributed by atoms with Gasteiger partial charge in [0.05, 0.1) is 19.3 Å². The molecule has 29 heavy (non-hydrogen) atoms. The predicted molar refractivity (Wildman–Crippen MR) is 115 cm³/mol. The number of hydrogen-bond acceptors (Lipinski definition) is 6. The molecule has 1 aliphatic rings. The number of hydrogen-bond donors (Lipinski definition) is 3. The summed E-state index contributed by atoms with van der Waals surface area (Å²) in [6.07, 6.45) is 7.77. The molecule has 2 atom stereocenters. The smallest absolute Gasteiger partial charge is 0.407 e. The number of nitrogens with zero attached hydrogens (tertiary/aromatic N) is 3. The number of pyridine rings is 1. The molecule has 3 aromatic rings. The Labute approximate surface area is 180 Å². The molecule has 3 N–H and O–H groups in total. The highest BCUT2D eigenvalue weighted by atomic mass is 127. The molecule has 0 radical (unpaired) electrons. The van der Waals surface area contributed by atoms with E-state index in [4.69, 9.17) is 4.74 Å². The SMILES string of the molecule is COC(=O)N[C@@H]1CCCC[C@H]1Nc1nc(-c2c[nH]c3ncc(I)cc23)ncc1F. The Balaban J connectivity index is 1.62. The van der Waals surface area contributed by atoms with Gasteiger partial charge in [0.1, 0.15) is 5.65 Å². The molecule has 0 spiro atoms. The first-order valence-corrected chi connectivity index (χ1v) is 10.4.